The smallest absolute Gasteiger partial charge is 0.245 e. The minimum atomic E-state index is -0.281. The lowest BCUT2D eigenvalue weighted by Gasteiger charge is -2.14. The van der Waals surface area contributed by atoms with Gasteiger partial charge < -0.3 is 10.2 Å². The molecule has 0 atom stereocenters. The molecule has 2 amide bonds. The summed E-state index contributed by atoms with van der Waals surface area (Å²) in [5, 5.41) is 2.81. The Morgan fingerprint density at radius 2 is 2.29 bits per heavy atom. The maximum Gasteiger partial charge on any atom is 0.245 e. The highest BCUT2D eigenvalue weighted by Crippen LogP contribution is 2.10. The van der Waals surface area contributed by atoms with Crippen LogP contribution in [0.15, 0.2) is 12.4 Å². The lowest BCUT2D eigenvalue weighted by Crippen LogP contribution is -2.34. The van der Waals surface area contributed by atoms with E-state index in [4.69, 9.17) is 11.6 Å². The number of aromatic nitrogens is 2. The first kappa shape index (κ1) is 11.8. The highest BCUT2D eigenvalue weighted by atomic mass is 35.5. The number of hydrogen-bond acceptors (Lipinski definition) is 4. The van der Waals surface area contributed by atoms with Crippen LogP contribution < -0.4 is 5.32 Å². The van der Waals surface area contributed by atoms with Crippen LogP contribution in [0.1, 0.15) is 12.8 Å². The lowest BCUT2D eigenvalue weighted by atomic mass is 10.4. The second kappa shape index (κ2) is 5.09. The van der Waals surface area contributed by atoms with Crippen molar-refractivity contribution in [3.63, 3.8) is 0 Å². The fourth-order valence-electron chi connectivity index (χ4n) is 1.60. The second-order valence-electron chi connectivity index (χ2n) is 3.69. The molecule has 0 radical (unpaired) electrons. The molecule has 0 bridgehead atoms. The van der Waals surface area contributed by atoms with Crippen LogP contribution in [0.25, 0.3) is 0 Å². The molecule has 1 aromatic heterocycles. The van der Waals surface area contributed by atoms with Gasteiger partial charge in [0.1, 0.15) is 5.15 Å². The molecule has 1 saturated heterocycles. The number of amides is 2. The van der Waals surface area contributed by atoms with Gasteiger partial charge in [-0.2, -0.15) is 0 Å². The molecule has 1 aromatic rings. The number of nitrogens with one attached hydrogen (secondary N) is 1. The molecule has 1 fully saturated rings. The lowest BCUT2D eigenvalue weighted by molar-refractivity contribution is -0.131. The molecule has 7 heteroatoms. The van der Waals surface area contributed by atoms with Crippen LogP contribution >= 0.6 is 11.6 Å². The van der Waals surface area contributed by atoms with Crippen molar-refractivity contribution in [1.82, 2.24) is 14.9 Å². The summed E-state index contributed by atoms with van der Waals surface area (Å²) in [7, 11) is 0. The molecule has 0 spiro atoms. The van der Waals surface area contributed by atoms with Crippen molar-refractivity contribution in [2.24, 2.45) is 0 Å². The molecule has 17 heavy (non-hydrogen) atoms. The summed E-state index contributed by atoms with van der Waals surface area (Å²) in [6.07, 6.45) is 4.05. The Labute approximate surface area is 103 Å². The summed E-state index contributed by atoms with van der Waals surface area (Å²) in [5.41, 5.74) is 0. The number of carbonyl (C=O) groups excluding carboxylic acids is 2. The van der Waals surface area contributed by atoms with Gasteiger partial charge in [0.05, 0.1) is 18.9 Å². The SMILES string of the molecule is O=C(CN1CCCC1=O)Nc1cnc(Cl)cn1. The molecule has 0 saturated carbocycles. The number of rotatable bonds is 3. The summed E-state index contributed by atoms with van der Waals surface area (Å²) >= 11 is 5.57. The van der Waals surface area contributed by atoms with Gasteiger partial charge in [-0.25, -0.2) is 9.97 Å². The Morgan fingerprint density at radius 3 is 2.88 bits per heavy atom. The monoisotopic (exact) mass is 254 g/mol. The van der Waals surface area contributed by atoms with Gasteiger partial charge in [-0.1, -0.05) is 11.6 Å². The number of halogens is 1. The zero-order valence-corrected chi connectivity index (χ0v) is 9.78. The standard InChI is InChI=1S/C10H11ClN4O2/c11-7-4-13-8(5-12-7)14-9(16)6-15-3-1-2-10(15)17/h4-5H,1-3,6H2,(H,13,14,16). The first-order valence-corrected chi connectivity index (χ1v) is 5.58. The molecule has 6 nitrogen and oxygen atoms in total. The van der Waals surface area contributed by atoms with Crippen molar-refractivity contribution in [3.05, 3.63) is 17.5 Å². The normalized spacial score (nSPS) is 15.1. The third kappa shape index (κ3) is 3.13. The molecule has 0 aliphatic carbocycles. The van der Waals surface area contributed by atoms with Gasteiger partial charge in [0, 0.05) is 13.0 Å². The molecule has 0 unspecified atom stereocenters. The molecule has 1 aliphatic rings. The van der Waals surface area contributed by atoms with Crippen molar-refractivity contribution in [3.8, 4) is 0 Å². The van der Waals surface area contributed by atoms with E-state index in [9.17, 15) is 9.59 Å². The van der Waals surface area contributed by atoms with Crippen molar-refractivity contribution < 1.29 is 9.59 Å². The van der Waals surface area contributed by atoms with Crippen LogP contribution in [0.5, 0.6) is 0 Å². The summed E-state index contributed by atoms with van der Waals surface area (Å²) in [6, 6.07) is 0. The van der Waals surface area contributed by atoms with Crippen LogP contribution in [0.3, 0.4) is 0 Å². The molecule has 1 aliphatic heterocycles. The molecular formula is C10H11ClN4O2. The van der Waals surface area contributed by atoms with E-state index in [-0.39, 0.29) is 23.5 Å². The quantitative estimate of drug-likeness (QED) is 0.861. The van der Waals surface area contributed by atoms with E-state index in [1.807, 2.05) is 0 Å². The Morgan fingerprint density at radius 1 is 1.47 bits per heavy atom. The Kier molecular flexibility index (Phi) is 3.53. The summed E-state index contributed by atoms with van der Waals surface area (Å²) in [4.78, 5) is 32.1. The van der Waals surface area contributed by atoms with Gasteiger partial charge >= 0.3 is 0 Å². The topological polar surface area (TPSA) is 75.2 Å². The predicted octanol–water partition coefficient (Wildman–Crippen LogP) is 0.691. The van der Waals surface area contributed by atoms with E-state index < -0.39 is 0 Å². The van der Waals surface area contributed by atoms with E-state index in [0.29, 0.717) is 18.8 Å². The second-order valence-corrected chi connectivity index (χ2v) is 4.08. The van der Waals surface area contributed by atoms with Gasteiger partial charge in [-0.3, -0.25) is 9.59 Å². The molecular weight excluding hydrogens is 244 g/mol. The Balaban J connectivity index is 1.88. The van der Waals surface area contributed by atoms with Crippen LogP contribution in [0.4, 0.5) is 5.82 Å². The van der Waals surface area contributed by atoms with Crippen LogP contribution in [0.2, 0.25) is 5.15 Å². The first-order valence-electron chi connectivity index (χ1n) is 5.20. The van der Waals surface area contributed by atoms with Gasteiger partial charge in [-0.15, -0.1) is 0 Å². The molecule has 2 heterocycles. The molecule has 90 valence electrons. The fourth-order valence-corrected chi connectivity index (χ4v) is 1.70. The minimum absolute atomic E-state index is 0.0161. The van der Waals surface area contributed by atoms with E-state index in [0.717, 1.165) is 6.42 Å². The average Bonchev–Trinajstić information content (AvgIpc) is 2.68. The number of anilines is 1. The van der Waals surface area contributed by atoms with Gasteiger partial charge in [0.15, 0.2) is 5.82 Å². The van der Waals surface area contributed by atoms with Gasteiger partial charge in [0.2, 0.25) is 11.8 Å². The van der Waals surface area contributed by atoms with Crippen molar-refractivity contribution in [2.75, 3.05) is 18.4 Å². The molecule has 1 N–H and O–H groups in total. The number of likely N-dealkylation sites (tertiary alicyclic amines) is 1. The average molecular weight is 255 g/mol. The first-order chi connectivity index (χ1) is 8.15. The van der Waals surface area contributed by atoms with E-state index in [1.165, 1.54) is 17.3 Å². The van der Waals surface area contributed by atoms with Gasteiger partial charge in [-0.05, 0) is 6.42 Å². The number of nitrogens with zero attached hydrogens (tertiary/aromatic N) is 3. The zero-order valence-electron chi connectivity index (χ0n) is 9.02. The summed E-state index contributed by atoms with van der Waals surface area (Å²) in [5.74, 6) is 0.0604. The van der Waals surface area contributed by atoms with Crippen molar-refractivity contribution in [2.45, 2.75) is 12.8 Å². The molecule has 0 aromatic carbocycles. The fraction of sp³-hybridized carbons (Fsp3) is 0.400. The number of carbonyl (C=O) groups is 2. The zero-order chi connectivity index (χ0) is 12.3. The minimum Gasteiger partial charge on any atom is -0.333 e. The van der Waals surface area contributed by atoms with Crippen LogP contribution in [0, 0.1) is 0 Å². The molecule has 2 rings (SSSR count). The Hall–Kier alpha value is -1.69. The number of hydrogen-bond donors (Lipinski definition) is 1. The highest BCUT2D eigenvalue weighted by molar-refractivity contribution is 6.29. The third-order valence-corrected chi connectivity index (χ3v) is 2.59. The predicted molar refractivity (Wildman–Crippen MR) is 61.5 cm³/mol. The summed E-state index contributed by atoms with van der Waals surface area (Å²) < 4.78 is 0. The van der Waals surface area contributed by atoms with E-state index in [1.54, 1.807) is 0 Å². The van der Waals surface area contributed by atoms with Crippen LogP contribution in [-0.4, -0.2) is 39.8 Å². The maximum atomic E-state index is 11.6. The highest BCUT2D eigenvalue weighted by Gasteiger charge is 2.22. The van der Waals surface area contributed by atoms with Gasteiger partial charge in [0.25, 0.3) is 0 Å². The van der Waals surface area contributed by atoms with E-state index >= 15 is 0 Å². The van der Waals surface area contributed by atoms with Crippen LogP contribution in [-0.2, 0) is 9.59 Å². The van der Waals surface area contributed by atoms with E-state index in [2.05, 4.69) is 15.3 Å². The van der Waals surface area contributed by atoms with Crippen molar-refractivity contribution in [1.29, 1.82) is 0 Å². The Bertz CT molecular complexity index is 434. The largest absolute Gasteiger partial charge is 0.333 e. The summed E-state index contributed by atoms with van der Waals surface area (Å²) in [6.45, 7) is 0.696. The third-order valence-electron chi connectivity index (χ3n) is 2.39. The maximum absolute atomic E-state index is 11.6. The van der Waals surface area contributed by atoms with Crippen molar-refractivity contribution >= 4 is 29.2 Å².